The van der Waals surface area contributed by atoms with E-state index >= 15 is 0 Å². The average molecular weight is 266 g/mol. The highest BCUT2D eigenvalue weighted by Crippen LogP contribution is 2.28. The van der Waals surface area contributed by atoms with Crippen molar-refractivity contribution in [2.45, 2.75) is 32.1 Å². The van der Waals surface area contributed by atoms with E-state index in [-0.39, 0.29) is 17.5 Å². The molecule has 4 N–H and O–H groups in total. The molecule has 19 heavy (non-hydrogen) atoms. The molecule has 0 aliphatic heterocycles. The number of nitrogens with two attached hydrogens (primary N) is 1. The van der Waals surface area contributed by atoms with E-state index in [1.807, 2.05) is 0 Å². The highest BCUT2D eigenvalue weighted by molar-refractivity contribution is 5.56. The van der Waals surface area contributed by atoms with Gasteiger partial charge in [-0.25, -0.2) is 10.8 Å². The maximum absolute atomic E-state index is 10.9. The van der Waals surface area contributed by atoms with Crippen LogP contribution in [-0.2, 0) is 0 Å². The number of nitrogens with one attached hydrogen (secondary N) is 2. The maximum Gasteiger partial charge on any atom is 0.329 e. The molecule has 1 aliphatic carbocycles. The van der Waals surface area contributed by atoms with Gasteiger partial charge in [-0.3, -0.25) is 15.5 Å². The Labute approximate surface area is 110 Å². The van der Waals surface area contributed by atoms with Crippen molar-refractivity contribution >= 4 is 17.5 Å². The van der Waals surface area contributed by atoms with Gasteiger partial charge >= 0.3 is 5.69 Å². The molecule has 1 aliphatic rings. The van der Waals surface area contributed by atoms with Gasteiger partial charge in [0.25, 0.3) is 0 Å². The minimum absolute atomic E-state index is 0.134. The van der Waals surface area contributed by atoms with Crippen LogP contribution >= 0.6 is 0 Å². The van der Waals surface area contributed by atoms with Crippen molar-refractivity contribution in [3.8, 4) is 0 Å². The first-order valence-corrected chi connectivity index (χ1v) is 6.42. The zero-order valence-corrected chi connectivity index (χ0v) is 10.6. The quantitative estimate of drug-likeness (QED) is 0.407. The van der Waals surface area contributed by atoms with Gasteiger partial charge in [0.2, 0.25) is 11.8 Å². The summed E-state index contributed by atoms with van der Waals surface area (Å²) in [6.45, 7) is 0.673. The van der Waals surface area contributed by atoms with E-state index < -0.39 is 4.92 Å². The topological polar surface area (TPSA) is 119 Å². The first-order chi connectivity index (χ1) is 9.20. The Morgan fingerprint density at radius 3 is 2.84 bits per heavy atom. The molecule has 104 valence electrons. The molecule has 0 amide bonds. The molecule has 0 unspecified atom stereocenters. The Hall–Kier alpha value is -1.96. The fourth-order valence-corrected chi connectivity index (χ4v) is 2.40. The molecule has 0 saturated heterocycles. The van der Waals surface area contributed by atoms with Gasteiger partial charge in [0.15, 0.2) is 0 Å². The number of hydrogen-bond donors (Lipinski definition) is 3. The Balaban J connectivity index is 1.98. The third kappa shape index (κ3) is 3.50. The SMILES string of the molecule is NNc1ncc([N+](=O)[O-])c(NCCC2CCCC2)n1. The third-order valence-corrected chi connectivity index (χ3v) is 3.42. The molecule has 1 aromatic rings. The van der Waals surface area contributed by atoms with Crippen LogP contribution in [0.3, 0.4) is 0 Å². The summed E-state index contributed by atoms with van der Waals surface area (Å²) in [7, 11) is 0. The number of hydrazine groups is 1. The van der Waals surface area contributed by atoms with Gasteiger partial charge in [-0.1, -0.05) is 25.7 Å². The zero-order chi connectivity index (χ0) is 13.7. The number of hydrogen-bond acceptors (Lipinski definition) is 7. The number of rotatable bonds is 6. The van der Waals surface area contributed by atoms with Crippen molar-refractivity contribution in [3.63, 3.8) is 0 Å². The van der Waals surface area contributed by atoms with Gasteiger partial charge < -0.3 is 5.32 Å². The molecule has 1 aromatic heterocycles. The largest absolute Gasteiger partial charge is 0.364 e. The summed E-state index contributed by atoms with van der Waals surface area (Å²) in [5.74, 6) is 6.30. The predicted molar refractivity (Wildman–Crippen MR) is 71.6 cm³/mol. The lowest BCUT2D eigenvalue weighted by Gasteiger charge is -2.10. The summed E-state index contributed by atoms with van der Waals surface area (Å²) < 4.78 is 0. The molecule has 1 fully saturated rings. The van der Waals surface area contributed by atoms with E-state index in [4.69, 9.17) is 5.84 Å². The highest BCUT2D eigenvalue weighted by atomic mass is 16.6. The van der Waals surface area contributed by atoms with Crippen LogP contribution < -0.4 is 16.6 Å². The van der Waals surface area contributed by atoms with Gasteiger partial charge in [0.1, 0.15) is 6.20 Å². The second kappa shape index (κ2) is 6.28. The Morgan fingerprint density at radius 1 is 1.47 bits per heavy atom. The summed E-state index contributed by atoms with van der Waals surface area (Å²) in [4.78, 5) is 18.1. The minimum atomic E-state index is -0.502. The lowest BCUT2D eigenvalue weighted by Crippen LogP contribution is -2.14. The Morgan fingerprint density at radius 2 is 2.21 bits per heavy atom. The molecule has 8 nitrogen and oxygen atoms in total. The average Bonchev–Trinajstić information content (AvgIpc) is 2.91. The van der Waals surface area contributed by atoms with Crippen molar-refractivity contribution in [3.05, 3.63) is 16.3 Å². The second-order valence-corrected chi connectivity index (χ2v) is 4.69. The molecule has 0 atom stereocenters. The van der Waals surface area contributed by atoms with E-state index in [2.05, 4.69) is 20.7 Å². The lowest BCUT2D eigenvalue weighted by molar-refractivity contribution is -0.384. The summed E-state index contributed by atoms with van der Waals surface area (Å²) in [6.07, 6.45) is 7.25. The highest BCUT2D eigenvalue weighted by Gasteiger charge is 2.18. The summed E-state index contributed by atoms with van der Waals surface area (Å²) in [5, 5.41) is 13.9. The molecule has 8 heteroatoms. The predicted octanol–water partition coefficient (Wildman–Crippen LogP) is 1.66. The van der Waals surface area contributed by atoms with E-state index in [0.29, 0.717) is 6.54 Å². The van der Waals surface area contributed by atoms with Crippen molar-refractivity contribution < 1.29 is 4.92 Å². The van der Waals surface area contributed by atoms with Gasteiger partial charge in [-0.15, -0.1) is 0 Å². The van der Waals surface area contributed by atoms with Crippen LogP contribution in [0.4, 0.5) is 17.5 Å². The van der Waals surface area contributed by atoms with Gasteiger partial charge in [-0.05, 0) is 12.3 Å². The molecule has 0 spiro atoms. The number of nitrogens with zero attached hydrogens (tertiary/aromatic N) is 3. The summed E-state index contributed by atoms with van der Waals surface area (Å²) in [5.41, 5.74) is 2.15. The van der Waals surface area contributed by atoms with Gasteiger partial charge in [0, 0.05) is 6.54 Å². The van der Waals surface area contributed by atoms with E-state index in [1.54, 1.807) is 0 Å². The second-order valence-electron chi connectivity index (χ2n) is 4.69. The number of nitrogen functional groups attached to an aromatic ring is 1. The first kappa shape index (κ1) is 13.5. The molecule has 2 rings (SSSR count). The number of nitro groups is 1. The van der Waals surface area contributed by atoms with Crippen LogP contribution in [0.25, 0.3) is 0 Å². The fraction of sp³-hybridized carbons (Fsp3) is 0.636. The normalized spacial score (nSPS) is 15.4. The van der Waals surface area contributed by atoms with Crippen molar-refractivity contribution in [1.29, 1.82) is 0 Å². The molecule has 1 heterocycles. The molecule has 0 aromatic carbocycles. The zero-order valence-electron chi connectivity index (χ0n) is 10.6. The van der Waals surface area contributed by atoms with Crippen molar-refractivity contribution in [2.24, 2.45) is 11.8 Å². The van der Waals surface area contributed by atoms with Crippen LogP contribution in [0.2, 0.25) is 0 Å². The van der Waals surface area contributed by atoms with Crippen molar-refractivity contribution in [2.75, 3.05) is 17.3 Å². The van der Waals surface area contributed by atoms with Gasteiger partial charge in [-0.2, -0.15) is 4.98 Å². The summed E-state index contributed by atoms with van der Waals surface area (Å²) in [6, 6.07) is 0. The van der Waals surface area contributed by atoms with Crippen LogP contribution in [-0.4, -0.2) is 21.4 Å². The van der Waals surface area contributed by atoms with Gasteiger partial charge in [0.05, 0.1) is 4.92 Å². The molecular weight excluding hydrogens is 248 g/mol. The molecule has 0 bridgehead atoms. The first-order valence-electron chi connectivity index (χ1n) is 6.42. The number of anilines is 2. The standard InChI is InChI=1S/C11H18N6O2/c12-16-11-14-7-9(17(18)19)10(15-11)13-6-5-8-3-1-2-4-8/h7-8H,1-6,12H2,(H2,13,14,15,16). The fourth-order valence-electron chi connectivity index (χ4n) is 2.40. The van der Waals surface area contributed by atoms with Crippen molar-refractivity contribution in [1.82, 2.24) is 9.97 Å². The van der Waals surface area contributed by atoms with E-state index in [0.717, 1.165) is 18.5 Å². The number of aromatic nitrogens is 2. The minimum Gasteiger partial charge on any atom is -0.364 e. The van der Waals surface area contributed by atoms with Crippen LogP contribution in [0.5, 0.6) is 0 Å². The van der Waals surface area contributed by atoms with Crippen LogP contribution in [0.1, 0.15) is 32.1 Å². The molecule has 1 saturated carbocycles. The monoisotopic (exact) mass is 266 g/mol. The van der Waals surface area contributed by atoms with E-state index in [1.165, 1.54) is 25.7 Å². The van der Waals surface area contributed by atoms with E-state index in [9.17, 15) is 10.1 Å². The summed E-state index contributed by atoms with van der Waals surface area (Å²) >= 11 is 0. The third-order valence-electron chi connectivity index (χ3n) is 3.42. The Kier molecular flexibility index (Phi) is 4.45. The molecular formula is C11H18N6O2. The Bertz CT molecular complexity index is 447. The van der Waals surface area contributed by atoms with Crippen LogP contribution in [0, 0.1) is 16.0 Å². The lowest BCUT2D eigenvalue weighted by atomic mass is 10.0. The maximum atomic E-state index is 10.9. The molecule has 0 radical (unpaired) electrons. The smallest absolute Gasteiger partial charge is 0.329 e. The van der Waals surface area contributed by atoms with Crippen LogP contribution in [0.15, 0.2) is 6.20 Å².